The number of halogens is 1. The van der Waals surface area contributed by atoms with Gasteiger partial charge in [-0.25, -0.2) is 4.39 Å². The minimum Gasteiger partial charge on any atom is -0.484 e. The second-order valence-corrected chi connectivity index (χ2v) is 6.58. The van der Waals surface area contributed by atoms with E-state index in [1.165, 1.54) is 13.5 Å². The van der Waals surface area contributed by atoms with E-state index >= 15 is 4.39 Å². The summed E-state index contributed by atoms with van der Waals surface area (Å²) in [5.41, 5.74) is 1.57. The van der Waals surface area contributed by atoms with Gasteiger partial charge < -0.3 is 14.5 Å². The number of benzene rings is 1. The Balaban J connectivity index is 2.04. The summed E-state index contributed by atoms with van der Waals surface area (Å²) in [4.78, 5) is 7.03. The van der Waals surface area contributed by atoms with Gasteiger partial charge in [0.05, 0.1) is 11.4 Å². The van der Waals surface area contributed by atoms with E-state index in [0.717, 1.165) is 31.6 Å². The van der Waals surface area contributed by atoms with E-state index < -0.39 is 5.60 Å². The monoisotopic (exact) mass is 306 g/mol. The van der Waals surface area contributed by atoms with E-state index in [9.17, 15) is 0 Å². The van der Waals surface area contributed by atoms with Crippen LogP contribution in [0.25, 0.3) is 0 Å². The molecule has 2 heterocycles. The Kier molecular flexibility index (Phi) is 3.98. The molecule has 0 aliphatic carbocycles. The summed E-state index contributed by atoms with van der Waals surface area (Å²) >= 11 is 0. The van der Waals surface area contributed by atoms with E-state index in [0.29, 0.717) is 23.4 Å². The van der Waals surface area contributed by atoms with E-state index in [-0.39, 0.29) is 5.82 Å². The minimum absolute atomic E-state index is 0.282. The van der Waals surface area contributed by atoms with Gasteiger partial charge in [-0.05, 0) is 45.2 Å². The molecule has 0 saturated carbocycles. The van der Waals surface area contributed by atoms with Crippen molar-refractivity contribution in [3.05, 3.63) is 23.5 Å². The zero-order valence-corrected chi connectivity index (χ0v) is 13.5. The van der Waals surface area contributed by atoms with Gasteiger partial charge in [0.2, 0.25) is 0 Å². The third kappa shape index (κ3) is 2.76. The third-order valence-corrected chi connectivity index (χ3v) is 4.26. The molecule has 0 bridgehead atoms. The molecule has 0 amide bonds. The molecule has 2 aliphatic heterocycles. The van der Waals surface area contributed by atoms with Crippen molar-refractivity contribution in [3.8, 4) is 5.75 Å². The van der Waals surface area contributed by atoms with Crippen LogP contribution in [0.4, 0.5) is 10.1 Å². The van der Waals surface area contributed by atoms with Crippen LogP contribution in [0.2, 0.25) is 0 Å². The van der Waals surface area contributed by atoms with Crippen molar-refractivity contribution >= 4 is 11.4 Å². The standard InChI is InChI=1S/C17H23FN2O2/c1-17(2)11-13(19-21-3)12-7-8-14(15(18)16(12)22-17)20-9-5-4-6-10-20/h7-8H,4-6,9-11H2,1-3H3/b19-13+. The molecule has 0 N–H and O–H groups in total. The maximum Gasteiger partial charge on any atom is 0.189 e. The van der Waals surface area contributed by atoms with Crippen molar-refractivity contribution in [2.24, 2.45) is 5.16 Å². The summed E-state index contributed by atoms with van der Waals surface area (Å²) in [6.45, 7) is 5.68. The number of oxime groups is 1. The lowest BCUT2D eigenvalue weighted by Crippen LogP contribution is -2.37. The van der Waals surface area contributed by atoms with Gasteiger partial charge in [-0.1, -0.05) is 5.16 Å². The predicted molar refractivity (Wildman–Crippen MR) is 85.3 cm³/mol. The summed E-state index contributed by atoms with van der Waals surface area (Å²) in [6, 6.07) is 3.74. The highest BCUT2D eigenvalue weighted by Crippen LogP contribution is 2.39. The number of rotatable bonds is 2. The summed E-state index contributed by atoms with van der Waals surface area (Å²) in [5.74, 6) is 0.0195. The van der Waals surface area contributed by atoms with Crippen LogP contribution in [0.1, 0.15) is 45.1 Å². The molecule has 0 aromatic heterocycles. The normalized spacial score (nSPS) is 22.2. The topological polar surface area (TPSA) is 34.1 Å². The van der Waals surface area contributed by atoms with Crippen molar-refractivity contribution in [1.82, 2.24) is 0 Å². The number of anilines is 1. The van der Waals surface area contributed by atoms with Gasteiger partial charge in [0, 0.05) is 25.1 Å². The van der Waals surface area contributed by atoms with Gasteiger partial charge >= 0.3 is 0 Å². The number of fused-ring (bicyclic) bond motifs is 1. The molecule has 1 aromatic carbocycles. The molecule has 3 rings (SSSR count). The van der Waals surface area contributed by atoms with Gasteiger partial charge in [0.25, 0.3) is 0 Å². The Morgan fingerprint density at radius 2 is 1.95 bits per heavy atom. The first-order valence-electron chi connectivity index (χ1n) is 7.89. The lowest BCUT2D eigenvalue weighted by molar-refractivity contribution is 0.102. The van der Waals surface area contributed by atoms with Crippen molar-refractivity contribution in [3.63, 3.8) is 0 Å². The molecule has 22 heavy (non-hydrogen) atoms. The Morgan fingerprint density at radius 3 is 2.64 bits per heavy atom. The Morgan fingerprint density at radius 1 is 1.23 bits per heavy atom. The first-order chi connectivity index (χ1) is 10.5. The second kappa shape index (κ2) is 5.78. The highest BCUT2D eigenvalue weighted by Gasteiger charge is 2.35. The van der Waals surface area contributed by atoms with Crippen LogP contribution >= 0.6 is 0 Å². The van der Waals surface area contributed by atoms with Crippen molar-refractivity contribution < 1.29 is 14.0 Å². The van der Waals surface area contributed by atoms with Crippen LogP contribution in [0, 0.1) is 5.82 Å². The molecule has 0 unspecified atom stereocenters. The zero-order chi connectivity index (χ0) is 15.7. The van der Waals surface area contributed by atoms with Gasteiger partial charge in [-0.15, -0.1) is 0 Å². The number of hydrogen-bond donors (Lipinski definition) is 0. The molecule has 120 valence electrons. The molecule has 1 fully saturated rings. The zero-order valence-electron chi connectivity index (χ0n) is 13.5. The summed E-state index contributed by atoms with van der Waals surface area (Å²) in [6.07, 6.45) is 4.03. The lowest BCUT2D eigenvalue weighted by atomic mass is 9.92. The van der Waals surface area contributed by atoms with Crippen LogP contribution in [0.5, 0.6) is 5.75 Å². The van der Waals surface area contributed by atoms with Crippen LogP contribution in [0.15, 0.2) is 17.3 Å². The fourth-order valence-electron chi connectivity index (χ4n) is 3.25. The molecule has 1 aromatic rings. The third-order valence-electron chi connectivity index (χ3n) is 4.26. The highest BCUT2D eigenvalue weighted by atomic mass is 19.1. The van der Waals surface area contributed by atoms with E-state index in [1.807, 2.05) is 26.0 Å². The molecule has 5 heteroatoms. The SMILES string of the molecule is CO/N=C1\CC(C)(C)Oc2c1ccc(N1CCCCC1)c2F. The van der Waals surface area contributed by atoms with Crippen LogP contribution in [-0.2, 0) is 4.84 Å². The van der Waals surface area contributed by atoms with Gasteiger partial charge in [0.1, 0.15) is 12.7 Å². The minimum atomic E-state index is -0.494. The summed E-state index contributed by atoms with van der Waals surface area (Å²) in [7, 11) is 1.51. The molecule has 4 nitrogen and oxygen atoms in total. The van der Waals surface area contributed by atoms with E-state index in [4.69, 9.17) is 9.57 Å². The molecular weight excluding hydrogens is 283 g/mol. The molecule has 2 aliphatic rings. The van der Waals surface area contributed by atoms with Crippen molar-refractivity contribution in [1.29, 1.82) is 0 Å². The summed E-state index contributed by atoms with van der Waals surface area (Å²) in [5, 5.41) is 4.06. The average Bonchev–Trinajstić information content (AvgIpc) is 2.49. The second-order valence-electron chi connectivity index (χ2n) is 6.58. The smallest absolute Gasteiger partial charge is 0.189 e. The predicted octanol–water partition coefficient (Wildman–Crippen LogP) is 3.73. The average molecular weight is 306 g/mol. The maximum atomic E-state index is 15.0. The number of ether oxygens (including phenoxy) is 1. The first-order valence-corrected chi connectivity index (χ1v) is 7.89. The van der Waals surface area contributed by atoms with Crippen LogP contribution in [-0.4, -0.2) is 31.5 Å². The number of nitrogens with zero attached hydrogens (tertiary/aromatic N) is 2. The Bertz CT molecular complexity index is 593. The van der Waals surface area contributed by atoms with Gasteiger partial charge in [-0.2, -0.15) is 0 Å². The fraction of sp³-hybridized carbons (Fsp3) is 0.588. The Hall–Kier alpha value is -1.78. The number of hydrogen-bond acceptors (Lipinski definition) is 4. The van der Waals surface area contributed by atoms with Gasteiger partial charge in [0.15, 0.2) is 11.6 Å². The van der Waals surface area contributed by atoms with Gasteiger partial charge in [-0.3, -0.25) is 0 Å². The van der Waals surface area contributed by atoms with Crippen LogP contribution < -0.4 is 9.64 Å². The molecule has 0 radical (unpaired) electrons. The van der Waals surface area contributed by atoms with E-state index in [2.05, 4.69) is 10.1 Å². The molecular formula is C17H23FN2O2. The maximum absolute atomic E-state index is 15.0. The first kappa shape index (κ1) is 15.1. The largest absolute Gasteiger partial charge is 0.484 e. The lowest BCUT2D eigenvalue weighted by Gasteiger charge is -2.35. The van der Waals surface area contributed by atoms with Crippen molar-refractivity contribution in [2.45, 2.75) is 45.1 Å². The Labute approximate surface area is 130 Å². The quantitative estimate of drug-likeness (QED) is 0.781. The molecule has 0 spiro atoms. The van der Waals surface area contributed by atoms with E-state index in [1.54, 1.807) is 0 Å². The van der Waals surface area contributed by atoms with Crippen molar-refractivity contribution in [2.75, 3.05) is 25.1 Å². The molecule has 1 saturated heterocycles. The number of piperidine rings is 1. The molecule has 0 atom stereocenters. The summed E-state index contributed by atoms with van der Waals surface area (Å²) < 4.78 is 21.0. The van der Waals surface area contributed by atoms with Crippen LogP contribution in [0.3, 0.4) is 0 Å². The highest BCUT2D eigenvalue weighted by molar-refractivity contribution is 6.04. The fourth-order valence-corrected chi connectivity index (χ4v) is 3.25.